The smallest absolute Gasteiger partial charge is 0.271 e. The Morgan fingerprint density at radius 2 is 1.54 bits per heavy atom. The molecule has 0 aromatic heterocycles. The number of rotatable bonds is 13. The molecule has 0 unspecified atom stereocenters. The molecular formula is C32H32N2O5. The second-order valence-corrected chi connectivity index (χ2v) is 8.46. The lowest BCUT2D eigenvalue weighted by Gasteiger charge is -2.14. The fraction of sp³-hybridized carbons (Fsp3) is 0.188. The quantitative estimate of drug-likeness (QED) is 0.122. The highest BCUT2D eigenvalue weighted by atomic mass is 16.5. The molecule has 4 aromatic rings. The molecule has 1 amide bonds. The monoisotopic (exact) mass is 524 g/mol. The van der Waals surface area contributed by atoms with E-state index in [0.717, 1.165) is 16.5 Å². The van der Waals surface area contributed by atoms with E-state index < -0.39 is 0 Å². The largest absolute Gasteiger partial charge is 0.490 e. The molecular weight excluding hydrogens is 492 g/mol. The van der Waals surface area contributed by atoms with Crippen LogP contribution in [0.5, 0.6) is 23.0 Å². The molecule has 0 saturated heterocycles. The van der Waals surface area contributed by atoms with Gasteiger partial charge in [0.15, 0.2) is 23.0 Å². The van der Waals surface area contributed by atoms with Gasteiger partial charge in [-0.1, -0.05) is 55.1 Å². The Morgan fingerprint density at radius 3 is 2.33 bits per heavy atom. The number of hydrogen-bond donors (Lipinski definition) is 1. The van der Waals surface area contributed by atoms with Gasteiger partial charge in [0.2, 0.25) is 0 Å². The van der Waals surface area contributed by atoms with E-state index in [2.05, 4.69) is 41.4 Å². The predicted molar refractivity (Wildman–Crippen MR) is 154 cm³/mol. The maximum absolute atomic E-state index is 12.7. The lowest BCUT2D eigenvalue weighted by atomic mass is 10.1. The average molecular weight is 525 g/mol. The molecule has 0 aliphatic carbocycles. The van der Waals surface area contributed by atoms with Gasteiger partial charge in [0.1, 0.15) is 13.2 Å². The Hall–Kier alpha value is -4.78. The van der Waals surface area contributed by atoms with Crippen molar-refractivity contribution in [3.05, 3.63) is 108 Å². The van der Waals surface area contributed by atoms with Gasteiger partial charge in [-0.3, -0.25) is 4.79 Å². The lowest BCUT2D eigenvalue weighted by molar-refractivity contribution is 0.0954. The third-order valence-electron chi connectivity index (χ3n) is 5.77. The maximum atomic E-state index is 12.7. The van der Waals surface area contributed by atoms with E-state index in [1.807, 2.05) is 50.2 Å². The molecule has 0 aliphatic heterocycles. The number of hydrogen-bond acceptors (Lipinski definition) is 6. The van der Waals surface area contributed by atoms with Crippen molar-refractivity contribution in [2.75, 3.05) is 19.8 Å². The van der Waals surface area contributed by atoms with Crippen LogP contribution >= 0.6 is 0 Å². The van der Waals surface area contributed by atoms with Gasteiger partial charge in [-0.2, -0.15) is 5.10 Å². The van der Waals surface area contributed by atoms with Crippen LogP contribution in [0.1, 0.15) is 35.3 Å². The highest BCUT2D eigenvalue weighted by Gasteiger charge is 2.12. The fourth-order valence-corrected chi connectivity index (χ4v) is 3.98. The summed E-state index contributed by atoms with van der Waals surface area (Å²) in [7, 11) is 0. The second kappa shape index (κ2) is 13.7. The molecule has 0 atom stereocenters. The first-order valence-corrected chi connectivity index (χ1v) is 12.8. The minimum atomic E-state index is -0.373. The van der Waals surface area contributed by atoms with Crippen molar-refractivity contribution in [2.45, 2.75) is 20.5 Å². The zero-order valence-corrected chi connectivity index (χ0v) is 22.2. The topological polar surface area (TPSA) is 78.4 Å². The molecule has 39 heavy (non-hydrogen) atoms. The standard InChI is InChI=1S/C32H32N2O5/c1-4-18-38-28-17-15-25(20-31(28)37-6-3)32(35)34-33-21-23-14-16-29(30(19-23)36-5-2)39-22-26-12-9-11-24-10-7-8-13-27(24)26/h4,7-17,19-21H,1,5-6,18,22H2,2-3H3,(H,34,35)/b33-21+. The van der Waals surface area contributed by atoms with Crippen molar-refractivity contribution >= 4 is 22.9 Å². The van der Waals surface area contributed by atoms with Crippen LogP contribution in [0.2, 0.25) is 0 Å². The summed E-state index contributed by atoms with van der Waals surface area (Å²) in [5, 5.41) is 6.44. The first-order chi connectivity index (χ1) is 19.1. The first-order valence-electron chi connectivity index (χ1n) is 12.8. The van der Waals surface area contributed by atoms with E-state index in [4.69, 9.17) is 18.9 Å². The Bertz CT molecular complexity index is 1460. The van der Waals surface area contributed by atoms with Gasteiger partial charge in [0, 0.05) is 5.56 Å². The third kappa shape index (κ3) is 7.17. The highest BCUT2D eigenvalue weighted by molar-refractivity contribution is 5.95. The molecule has 4 aromatic carbocycles. The van der Waals surface area contributed by atoms with Crippen molar-refractivity contribution < 1.29 is 23.7 Å². The average Bonchev–Trinajstić information content (AvgIpc) is 2.96. The molecule has 0 heterocycles. The number of fused-ring (bicyclic) bond motifs is 1. The van der Waals surface area contributed by atoms with Crippen molar-refractivity contribution in [2.24, 2.45) is 5.10 Å². The van der Waals surface area contributed by atoms with E-state index >= 15 is 0 Å². The summed E-state index contributed by atoms with van der Waals surface area (Å²) in [6.45, 7) is 9.10. The lowest BCUT2D eigenvalue weighted by Crippen LogP contribution is -2.17. The summed E-state index contributed by atoms with van der Waals surface area (Å²) in [6.07, 6.45) is 3.20. The van der Waals surface area contributed by atoms with Gasteiger partial charge in [-0.15, -0.1) is 0 Å². The molecule has 0 radical (unpaired) electrons. The number of carbonyl (C=O) groups is 1. The number of nitrogens with one attached hydrogen (secondary N) is 1. The number of amides is 1. The molecule has 7 heteroatoms. The van der Waals surface area contributed by atoms with E-state index in [-0.39, 0.29) is 5.91 Å². The molecule has 0 saturated carbocycles. The molecule has 0 fully saturated rings. The van der Waals surface area contributed by atoms with Crippen molar-refractivity contribution in [1.29, 1.82) is 0 Å². The predicted octanol–water partition coefficient (Wildman–Crippen LogP) is 6.54. The molecule has 0 spiro atoms. The molecule has 0 aliphatic rings. The van der Waals surface area contributed by atoms with Crippen LogP contribution in [0.3, 0.4) is 0 Å². The third-order valence-corrected chi connectivity index (χ3v) is 5.77. The van der Waals surface area contributed by atoms with Gasteiger partial charge >= 0.3 is 0 Å². The van der Waals surface area contributed by atoms with Crippen LogP contribution < -0.4 is 24.4 Å². The number of hydrazone groups is 1. The summed E-state index contributed by atoms with van der Waals surface area (Å²) in [4.78, 5) is 12.7. The van der Waals surface area contributed by atoms with Crippen molar-refractivity contribution in [3.8, 4) is 23.0 Å². The summed E-state index contributed by atoms with van der Waals surface area (Å²) in [6, 6.07) is 24.9. The summed E-state index contributed by atoms with van der Waals surface area (Å²) in [5.41, 5.74) is 4.80. The SMILES string of the molecule is C=CCOc1ccc(C(=O)N/N=C/c2ccc(OCc3cccc4ccccc34)c(OCC)c2)cc1OCC. The summed E-state index contributed by atoms with van der Waals surface area (Å²) in [5.74, 6) is 1.89. The molecule has 7 nitrogen and oxygen atoms in total. The van der Waals surface area contributed by atoms with E-state index in [0.29, 0.717) is 55.0 Å². The van der Waals surface area contributed by atoms with Crippen LogP contribution in [0.25, 0.3) is 10.8 Å². The van der Waals surface area contributed by atoms with E-state index in [9.17, 15) is 4.79 Å². The minimum Gasteiger partial charge on any atom is -0.490 e. The number of benzene rings is 4. The van der Waals surface area contributed by atoms with Gasteiger partial charge in [-0.05, 0) is 72.1 Å². The normalized spacial score (nSPS) is 10.8. The number of ether oxygens (including phenoxy) is 4. The van der Waals surface area contributed by atoms with Gasteiger partial charge in [0.25, 0.3) is 5.91 Å². The Kier molecular flexibility index (Phi) is 9.56. The van der Waals surface area contributed by atoms with Crippen LogP contribution in [0.15, 0.2) is 96.6 Å². The second-order valence-electron chi connectivity index (χ2n) is 8.46. The Balaban J connectivity index is 1.43. The highest BCUT2D eigenvalue weighted by Crippen LogP contribution is 2.30. The minimum absolute atomic E-state index is 0.340. The zero-order valence-electron chi connectivity index (χ0n) is 22.2. The Morgan fingerprint density at radius 1 is 0.821 bits per heavy atom. The van der Waals surface area contributed by atoms with Crippen LogP contribution in [0.4, 0.5) is 0 Å². The molecule has 0 bridgehead atoms. The molecule has 1 N–H and O–H groups in total. The van der Waals surface area contributed by atoms with E-state index in [1.165, 1.54) is 5.39 Å². The van der Waals surface area contributed by atoms with Crippen molar-refractivity contribution in [3.63, 3.8) is 0 Å². The Labute approximate surface area is 228 Å². The molecule has 4 rings (SSSR count). The number of carbonyl (C=O) groups excluding carboxylic acids is 1. The fourth-order valence-electron chi connectivity index (χ4n) is 3.98. The van der Waals surface area contributed by atoms with Crippen LogP contribution in [-0.4, -0.2) is 31.9 Å². The first kappa shape index (κ1) is 27.3. The zero-order chi connectivity index (χ0) is 27.5. The van der Waals surface area contributed by atoms with Crippen molar-refractivity contribution in [1.82, 2.24) is 5.43 Å². The van der Waals surface area contributed by atoms with E-state index in [1.54, 1.807) is 30.5 Å². The maximum Gasteiger partial charge on any atom is 0.271 e. The van der Waals surface area contributed by atoms with Crippen LogP contribution in [0, 0.1) is 0 Å². The number of nitrogens with zero attached hydrogens (tertiary/aromatic N) is 1. The van der Waals surface area contributed by atoms with Crippen LogP contribution in [-0.2, 0) is 6.61 Å². The summed E-state index contributed by atoms with van der Waals surface area (Å²) < 4.78 is 23.2. The summed E-state index contributed by atoms with van der Waals surface area (Å²) >= 11 is 0. The van der Waals surface area contributed by atoms with Gasteiger partial charge < -0.3 is 18.9 Å². The molecule has 200 valence electrons. The van der Waals surface area contributed by atoms with Gasteiger partial charge in [-0.25, -0.2) is 5.43 Å². The van der Waals surface area contributed by atoms with Gasteiger partial charge in [0.05, 0.1) is 19.4 Å².